The zero-order valence-electron chi connectivity index (χ0n) is 16.2. The predicted molar refractivity (Wildman–Crippen MR) is 115 cm³/mol. The summed E-state index contributed by atoms with van der Waals surface area (Å²) in [4.78, 5) is 25.2. The maximum atomic E-state index is 12.7. The highest BCUT2D eigenvalue weighted by Crippen LogP contribution is 2.27. The topological polar surface area (TPSA) is 58.2 Å². The third-order valence-electron chi connectivity index (χ3n) is 4.61. The highest BCUT2D eigenvalue weighted by molar-refractivity contribution is 7.10. The van der Waals surface area contributed by atoms with Crippen LogP contribution in [0.4, 0.5) is 5.69 Å². The van der Waals surface area contributed by atoms with Crippen molar-refractivity contribution in [2.45, 2.75) is 32.9 Å². The van der Waals surface area contributed by atoms with Gasteiger partial charge in [0.15, 0.2) is 5.78 Å². The third kappa shape index (κ3) is 4.94. The van der Waals surface area contributed by atoms with Crippen molar-refractivity contribution in [2.24, 2.45) is 0 Å². The number of aryl methyl sites for hydroxylation is 1. The maximum absolute atomic E-state index is 12.7. The lowest BCUT2D eigenvalue weighted by Gasteiger charge is -2.23. The van der Waals surface area contributed by atoms with E-state index < -0.39 is 6.04 Å². The second-order valence-electron chi connectivity index (χ2n) is 6.87. The Balaban J connectivity index is 1.72. The molecule has 3 rings (SSSR count). The average molecular weight is 393 g/mol. The van der Waals surface area contributed by atoms with Gasteiger partial charge in [-0.3, -0.25) is 14.9 Å². The van der Waals surface area contributed by atoms with Gasteiger partial charge in [-0.15, -0.1) is 11.3 Å². The molecule has 0 aliphatic rings. The first-order valence-electron chi connectivity index (χ1n) is 9.22. The van der Waals surface area contributed by atoms with E-state index in [-0.39, 0.29) is 17.7 Å². The Labute approximate surface area is 169 Å². The smallest absolute Gasteiger partial charge is 0.241 e. The molecule has 4 nitrogen and oxygen atoms in total. The number of thiophene rings is 1. The molecular formula is C23H24N2O2S. The number of carbonyl (C=O) groups excluding carboxylic acids is 2. The standard InChI is InChI=1S/C23H24N2O2S/c1-15-6-8-19(9-7-15)22(21-5-4-14-28-21)24-16(2)23(27)25-20-12-10-18(11-13-20)17(3)26/h4-14,16,22,24H,1-3H3,(H,25,27)/t16-,22+/m0/s1. The van der Waals surface area contributed by atoms with E-state index in [9.17, 15) is 9.59 Å². The van der Waals surface area contributed by atoms with Gasteiger partial charge in [0.1, 0.15) is 0 Å². The van der Waals surface area contributed by atoms with Crippen LogP contribution in [0.3, 0.4) is 0 Å². The lowest BCUT2D eigenvalue weighted by molar-refractivity contribution is -0.117. The summed E-state index contributed by atoms with van der Waals surface area (Å²) in [6.07, 6.45) is 0. The predicted octanol–water partition coefficient (Wildman–Crippen LogP) is 4.97. The molecule has 0 bridgehead atoms. The molecule has 0 saturated carbocycles. The summed E-state index contributed by atoms with van der Waals surface area (Å²) in [7, 11) is 0. The van der Waals surface area contributed by atoms with Crippen molar-refractivity contribution in [2.75, 3.05) is 5.32 Å². The minimum Gasteiger partial charge on any atom is -0.325 e. The Hall–Kier alpha value is -2.76. The van der Waals surface area contributed by atoms with E-state index in [1.54, 1.807) is 35.6 Å². The lowest BCUT2D eigenvalue weighted by atomic mass is 10.0. The summed E-state index contributed by atoms with van der Waals surface area (Å²) in [6.45, 7) is 5.44. The molecule has 1 aromatic heterocycles. The zero-order chi connectivity index (χ0) is 20.1. The molecule has 0 fully saturated rings. The van der Waals surface area contributed by atoms with Crippen LogP contribution in [-0.4, -0.2) is 17.7 Å². The van der Waals surface area contributed by atoms with Crippen molar-refractivity contribution >= 4 is 28.7 Å². The van der Waals surface area contributed by atoms with Crippen molar-refractivity contribution in [3.8, 4) is 0 Å². The summed E-state index contributed by atoms with van der Waals surface area (Å²) in [5.41, 5.74) is 3.62. The Kier molecular flexibility index (Phi) is 6.39. The highest BCUT2D eigenvalue weighted by atomic mass is 32.1. The van der Waals surface area contributed by atoms with Crippen LogP contribution in [0.25, 0.3) is 0 Å². The number of amides is 1. The number of benzene rings is 2. The third-order valence-corrected chi connectivity index (χ3v) is 5.54. The fourth-order valence-corrected chi connectivity index (χ4v) is 3.73. The molecule has 0 saturated heterocycles. The second kappa shape index (κ2) is 8.95. The SMILES string of the molecule is CC(=O)c1ccc(NC(=O)[C@H](C)N[C@H](c2ccc(C)cc2)c2cccs2)cc1. The van der Waals surface area contributed by atoms with Crippen molar-refractivity contribution in [3.63, 3.8) is 0 Å². The van der Waals surface area contributed by atoms with Crippen LogP contribution in [0.15, 0.2) is 66.0 Å². The quantitative estimate of drug-likeness (QED) is 0.559. The van der Waals surface area contributed by atoms with Gasteiger partial charge in [-0.05, 0) is 62.0 Å². The molecular weight excluding hydrogens is 368 g/mol. The summed E-state index contributed by atoms with van der Waals surface area (Å²) in [5.74, 6) is -0.117. The molecule has 0 spiro atoms. The van der Waals surface area contributed by atoms with Gasteiger partial charge in [0.05, 0.1) is 12.1 Å². The summed E-state index contributed by atoms with van der Waals surface area (Å²) < 4.78 is 0. The van der Waals surface area contributed by atoms with Crippen LogP contribution in [0, 0.1) is 6.92 Å². The van der Waals surface area contributed by atoms with Crippen LogP contribution in [0.5, 0.6) is 0 Å². The van der Waals surface area contributed by atoms with Gasteiger partial charge < -0.3 is 5.32 Å². The minimum atomic E-state index is -0.402. The summed E-state index contributed by atoms with van der Waals surface area (Å²) >= 11 is 1.67. The highest BCUT2D eigenvalue weighted by Gasteiger charge is 2.21. The molecule has 0 radical (unpaired) electrons. The van der Waals surface area contributed by atoms with Gasteiger partial charge in [0, 0.05) is 16.1 Å². The number of anilines is 1. The molecule has 28 heavy (non-hydrogen) atoms. The zero-order valence-corrected chi connectivity index (χ0v) is 17.0. The van der Waals surface area contributed by atoms with Crippen molar-refractivity contribution in [1.29, 1.82) is 0 Å². The van der Waals surface area contributed by atoms with Gasteiger partial charge in [-0.2, -0.15) is 0 Å². The number of carbonyl (C=O) groups is 2. The van der Waals surface area contributed by atoms with E-state index in [2.05, 4.69) is 47.9 Å². The van der Waals surface area contributed by atoms with Crippen LogP contribution in [-0.2, 0) is 4.79 Å². The summed E-state index contributed by atoms with van der Waals surface area (Å²) in [5, 5.41) is 8.40. The van der Waals surface area contributed by atoms with Crippen molar-refractivity contribution in [3.05, 3.63) is 87.6 Å². The largest absolute Gasteiger partial charge is 0.325 e. The molecule has 2 aromatic carbocycles. The lowest BCUT2D eigenvalue weighted by Crippen LogP contribution is -2.40. The first-order chi connectivity index (χ1) is 13.4. The maximum Gasteiger partial charge on any atom is 0.241 e. The fourth-order valence-electron chi connectivity index (χ4n) is 2.92. The Morgan fingerprint density at radius 2 is 1.64 bits per heavy atom. The molecule has 2 atom stereocenters. The van der Waals surface area contributed by atoms with Gasteiger partial charge in [-0.1, -0.05) is 35.9 Å². The Morgan fingerprint density at radius 3 is 2.21 bits per heavy atom. The first-order valence-corrected chi connectivity index (χ1v) is 10.1. The number of Topliss-reactive ketones (excluding diaryl/α,β-unsaturated/α-hetero) is 1. The minimum absolute atomic E-state index is 0.00444. The van der Waals surface area contributed by atoms with Crippen LogP contribution in [0.1, 0.15) is 46.3 Å². The molecule has 5 heteroatoms. The van der Waals surface area contributed by atoms with Crippen LogP contribution in [0.2, 0.25) is 0 Å². The molecule has 0 aliphatic carbocycles. The number of ketones is 1. The molecule has 1 heterocycles. The van der Waals surface area contributed by atoms with E-state index >= 15 is 0 Å². The van der Waals surface area contributed by atoms with Crippen molar-refractivity contribution < 1.29 is 9.59 Å². The number of rotatable bonds is 7. The number of hydrogen-bond donors (Lipinski definition) is 2. The van der Waals surface area contributed by atoms with Gasteiger partial charge in [0.2, 0.25) is 5.91 Å². The molecule has 3 aromatic rings. The van der Waals surface area contributed by atoms with Crippen LogP contribution >= 0.6 is 11.3 Å². The molecule has 0 unspecified atom stereocenters. The molecule has 1 amide bonds. The van der Waals surface area contributed by atoms with Gasteiger partial charge in [-0.25, -0.2) is 0 Å². The Bertz CT molecular complexity index is 932. The van der Waals surface area contributed by atoms with Gasteiger partial charge in [0.25, 0.3) is 0 Å². The molecule has 144 valence electrons. The number of nitrogens with one attached hydrogen (secondary N) is 2. The fraction of sp³-hybridized carbons (Fsp3) is 0.217. The van der Waals surface area contributed by atoms with Crippen molar-refractivity contribution in [1.82, 2.24) is 5.32 Å². The second-order valence-corrected chi connectivity index (χ2v) is 7.85. The van der Waals surface area contributed by atoms with E-state index in [1.807, 2.05) is 18.4 Å². The summed E-state index contributed by atoms with van der Waals surface area (Å²) in [6, 6.07) is 18.9. The molecule has 0 aliphatic heterocycles. The van der Waals surface area contributed by atoms with E-state index in [1.165, 1.54) is 12.5 Å². The molecule has 2 N–H and O–H groups in total. The average Bonchev–Trinajstić information content (AvgIpc) is 3.21. The van der Waals surface area contributed by atoms with E-state index in [0.29, 0.717) is 11.3 Å². The number of hydrogen-bond acceptors (Lipinski definition) is 4. The van der Waals surface area contributed by atoms with Gasteiger partial charge >= 0.3 is 0 Å². The van der Waals surface area contributed by atoms with E-state index in [0.717, 1.165) is 10.4 Å². The van der Waals surface area contributed by atoms with Crippen LogP contribution < -0.4 is 10.6 Å². The first kappa shape index (κ1) is 20.0. The normalized spacial score (nSPS) is 13.0. The van der Waals surface area contributed by atoms with E-state index in [4.69, 9.17) is 0 Å². The monoisotopic (exact) mass is 392 g/mol. The Morgan fingerprint density at radius 1 is 0.964 bits per heavy atom.